The van der Waals surface area contributed by atoms with E-state index in [2.05, 4.69) is 29.8 Å². The summed E-state index contributed by atoms with van der Waals surface area (Å²) in [6.07, 6.45) is 1.80. The van der Waals surface area contributed by atoms with Gasteiger partial charge in [-0.2, -0.15) is 0 Å². The highest BCUT2D eigenvalue weighted by molar-refractivity contribution is 9.10. The lowest BCUT2D eigenvalue weighted by atomic mass is 9.97. The van der Waals surface area contributed by atoms with Crippen molar-refractivity contribution in [2.24, 2.45) is 0 Å². The number of carbonyl (C=O) groups is 1. The van der Waals surface area contributed by atoms with Crippen molar-refractivity contribution >= 4 is 21.7 Å². The van der Waals surface area contributed by atoms with Crippen molar-refractivity contribution in [2.45, 2.75) is 26.7 Å². The molecule has 0 amide bonds. The zero-order chi connectivity index (χ0) is 15.2. The molecule has 0 N–H and O–H groups in total. The predicted octanol–water partition coefficient (Wildman–Crippen LogP) is 5.03. The largest absolute Gasteiger partial charge is 0.492 e. The Kier molecular flexibility index (Phi) is 5.57. The third-order valence-corrected chi connectivity index (χ3v) is 3.92. The molecule has 2 aromatic rings. The van der Waals surface area contributed by atoms with Gasteiger partial charge >= 0.3 is 0 Å². The number of aryl methyl sites for hydroxylation is 1. The Balaban J connectivity index is 2.29. The van der Waals surface area contributed by atoms with Gasteiger partial charge in [0.15, 0.2) is 5.78 Å². The lowest BCUT2D eigenvalue weighted by Crippen LogP contribution is -2.05. The maximum absolute atomic E-state index is 12.6. The molecule has 0 unspecified atom stereocenters. The summed E-state index contributed by atoms with van der Waals surface area (Å²) in [4.78, 5) is 12.6. The minimum Gasteiger partial charge on any atom is -0.492 e. The molecular formula is C18H19BrO2. The summed E-state index contributed by atoms with van der Waals surface area (Å²) in [7, 11) is 0. The highest BCUT2D eigenvalue weighted by Crippen LogP contribution is 2.27. The molecule has 0 atom stereocenters. The normalized spacial score (nSPS) is 10.4. The number of hydrogen-bond donors (Lipinski definition) is 0. The molecule has 2 aromatic carbocycles. The second-order valence-corrected chi connectivity index (χ2v) is 5.69. The molecule has 21 heavy (non-hydrogen) atoms. The van der Waals surface area contributed by atoms with Crippen molar-refractivity contribution in [3.8, 4) is 5.75 Å². The van der Waals surface area contributed by atoms with Crippen LogP contribution in [0.2, 0.25) is 0 Å². The second-order valence-electron chi connectivity index (χ2n) is 4.83. The van der Waals surface area contributed by atoms with Gasteiger partial charge in [0.05, 0.1) is 11.1 Å². The number of rotatable bonds is 6. The standard InChI is InChI=1S/C18H19BrO2/c1-3-11-21-17-10-9-14(12-16(17)19)18(20)15-8-6-5-7-13(15)4-2/h5-10,12H,3-4,11H2,1-2H3. The highest BCUT2D eigenvalue weighted by Gasteiger charge is 2.14. The lowest BCUT2D eigenvalue weighted by Gasteiger charge is -2.10. The Morgan fingerprint density at radius 1 is 1.14 bits per heavy atom. The predicted molar refractivity (Wildman–Crippen MR) is 89.2 cm³/mol. The van der Waals surface area contributed by atoms with E-state index in [-0.39, 0.29) is 5.78 Å². The SMILES string of the molecule is CCCOc1ccc(C(=O)c2ccccc2CC)cc1Br. The Morgan fingerprint density at radius 2 is 1.90 bits per heavy atom. The molecule has 0 radical (unpaired) electrons. The Labute approximate surface area is 134 Å². The quantitative estimate of drug-likeness (QED) is 0.685. The van der Waals surface area contributed by atoms with E-state index in [1.54, 1.807) is 0 Å². The van der Waals surface area contributed by atoms with Crippen LogP contribution in [-0.2, 0) is 6.42 Å². The number of carbonyl (C=O) groups excluding carboxylic acids is 1. The van der Waals surface area contributed by atoms with Crippen LogP contribution in [0.4, 0.5) is 0 Å². The summed E-state index contributed by atoms with van der Waals surface area (Å²) in [6.45, 7) is 4.79. The van der Waals surface area contributed by atoms with Gasteiger partial charge in [-0.05, 0) is 52.5 Å². The molecule has 2 rings (SSSR count). The monoisotopic (exact) mass is 346 g/mol. The fraction of sp³-hybridized carbons (Fsp3) is 0.278. The number of halogens is 1. The van der Waals surface area contributed by atoms with E-state index >= 15 is 0 Å². The Hall–Kier alpha value is -1.61. The van der Waals surface area contributed by atoms with Crippen LogP contribution in [0, 0.1) is 0 Å². The second kappa shape index (κ2) is 7.41. The van der Waals surface area contributed by atoms with Gasteiger partial charge in [0, 0.05) is 11.1 Å². The molecule has 0 bridgehead atoms. The molecule has 2 nitrogen and oxygen atoms in total. The number of hydrogen-bond acceptors (Lipinski definition) is 2. The van der Waals surface area contributed by atoms with Crippen LogP contribution >= 0.6 is 15.9 Å². The van der Waals surface area contributed by atoms with Crippen molar-refractivity contribution in [1.82, 2.24) is 0 Å². The van der Waals surface area contributed by atoms with E-state index in [0.29, 0.717) is 12.2 Å². The van der Waals surface area contributed by atoms with Gasteiger partial charge in [-0.25, -0.2) is 0 Å². The van der Waals surface area contributed by atoms with Crippen LogP contribution < -0.4 is 4.74 Å². The molecule has 3 heteroatoms. The first-order chi connectivity index (χ1) is 10.2. The Morgan fingerprint density at radius 3 is 2.57 bits per heavy atom. The van der Waals surface area contributed by atoms with Gasteiger partial charge in [0.25, 0.3) is 0 Å². The molecule has 0 fully saturated rings. The van der Waals surface area contributed by atoms with Gasteiger partial charge in [-0.15, -0.1) is 0 Å². The number of ketones is 1. The first kappa shape index (κ1) is 15.8. The summed E-state index contributed by atoms with van der Waals surface area (Å²) in [6, 6.07) is 13.3. The molecule has 0 aromatic heterocycles. The summed E-state index contributed by atoms with van der Waals surface area (Å²) in [5, 5.41) is 0. The van der Waals surface area contributed by atoms with Gasteiger partial charge in [0.2, 0.25) is 0 Å². The third kappa shape index (κ3) is 3.73. The summed E-state index contributed by atoms with van der Waals surface area (Å²) < 4.78 is 6.43. The average Bonchev–Trinajstić information content (AvgIpc) is 2.53. The van der Waals surface area contributed by atoms with E-state index in [4.69, 9.17) is 4.74 Å². The minimum atomic E-state index is 0.0511. The Bertz CT molecular complexity index is 635. The topological polar surface area (TPSA) is 26.3 Å². The van der Waals surface area contributed by atoms with E-state index in [1.807, 2.05) is 42.5 Å². The first-order valence-electron chi connectivity index (χ1n) is 7.22. The number of ether oxygens (including phenoxy) is 1. The molecule has 0 spiro atoms. The molecular weight excluding hydrogens is 328 g/mol. The summed E-state index contributed by atoms with van der Waals surface area (Å²) in [5.74, 6) is 0.826. The maximum Gasteiger partial charge on any atom is 0.193 e. The van der Waals surface area contributed by atoms with Crippen molar-refractivity contribution in [3.05, 3.63) is 63.6 Å². The fourth-order valence-electron chi connectivity index (χ4n) is 2.18. The van der Waals surface area contributed by atoms with E-state index in [9.17, 15) is 4.79 Å². The third-order valence-electron chi connectivity index (χ3n) is 3.30. The van der Waals surface area contributed by atoms with Crippen LogP contribution in [0.5, 0.6) is 5.75 Å². The van der Waals surface area contributed by atoms with E-state index < -0.39 is 0 Å². The number of benzene rings is 2. The van der Waals surface area contributed by atoms with Gasteiger partial charge in [-0.1, -0.05) is 38.1 Å². The fourth-order valence-corrected chi connectivity index (χ4v) is 2.67. The molecule has 0 saturated heterocycles. The van der Waals surface area contributed by atoms with E-state index in [1.165, 1.54) is 0 Å². The summed E-state index contributed by atoms with van der Waals surface area (Å²) >= 11 is 3.48. The van der Waals surface area contributed by atoms with Gasteiger partial charge in [-0.3, -0.25) is 4.79 Å². The molecule has 0 heterocycles. The van der Waals surface area contributed by atoms with Crippen LogP contribution in [0.15, 0.2) is 46.9 Å². The minimum absolute atomic E-state index is 0.0511. The van der Waals surface area contributed by atoms with Crippen LogP contribution in [0.3, 0.4) is 0 Å². The average molecular weight is 347 g/mol. The highest BCUT2D eigenvalue weighted by atomic mass is 79.9. The van der Waals surface area contributed by atoms with E-state index in [0.717, 1.165) is 34.2 Å². The van der Waals surface area contributed by atoms with Gasteiger partial charge in [0.1, 0.15) is 5.75 Å². The molecule has 110 valence electrons. The van der Waals surface area contributed by atoms with Crippen LogP contribution in [0.25, 0.3) is 0 Å². The maximum atomic E-state index is 12.6. The van der Waals surface area contributed by atoms with Crippen molar-refractivity contribution in [2.75, 3.05) is 6.61 Å². The summed E-state index contributed by atoms with van der Waals surface area (Å²) in [5.41, 5.74) is 2.52. The lowest BCUT2D eigenvalue weighted by molar-refractivity contribution is 0.103. The first-order valence-corrected chi connectivity index (χ1v) is 8.01. The molecule has 0 saturated carbocycles. The van der Waals surface area contributed by atoms with Crippen LogP contribution in [0.1, 0.15) is 41.8 Å². The molecule has 0 aliphatic carbocycles. The van der Waals surface area contributed by atoms with Crippen molar-refractivity contribution in [3.63, 3.8) is 0 Å². The van der Waals surface area contributed by atoms with Crippen molar-refractivity contribution < 1.29 is 9.53 Å². The smallest absolute Gasteiger partial charge is 0.193 e. The van der Waals surface area contributed by atoms with Gasteiger partial charge < -0.3 is 4.74 Å². The van der Waals surface area contributed by atoms with Crippen molar-refractivity contribution in [1.29, 1.82) is 0 Å². The zero-order valence-electron chi connectivity index (χ0n) is 12.4. The zero-order valence-corrected chi connectivity index (χ0v) is 13.9. The van der Waals surface area contributed by atoms with Crippen LogP contribution in [-0.4, -0.2) is 12.4 Å². The molecule has 0 aliphatic rings. The molecule has 0 aliphatic heterocycles.